The summed E-state index contributed by atoms with van der Waals surface area (Å²) in [4.78, 5) is 0. The third-order valence-electron chi connectivity index (χ3n) is 3.13. The molecule has 0 saturated carbocycles. The van der Waals surface area contributed by atoms with Gasteiger partial charge in [0.2, 0.25) is 0 Å². The number of hydrogen-bond acceptors (Lipinski definition) is 2. The van der Waals surface area contributed by atoms with Crippen molar-refractivity contribution in [2.75, 3.05) is 11.1 Å². The molecule has 0 spiro atoms. The standard InChI is InChI=1S/C16H20N2/c1-3-7-13-9-4-5-10-14(13)18-15-11-6-8-12(2)16(15)17/h4-6,8-11,18H,3,7,17H2,1-2H3. The molecule has 2 heteroatoms. The van der Waals surface area contributed by atoms with Crippen molar-refractivity contribution in [1.82, 2.24) is 0 Å². The summed E-state index contributed by atoms with van der Waals surface area (Å²) in [6, 6.07) is 14.5. The minimum absolute atomic E-state index is 0.823. The molecule has 0 unspecified atom stereocenters. The van der Waals surface area contributed by atoms with E-state index >= 15 is 0 Å². The van der Waals surface area contributed by atoms with Gasteiger partial charge in [0.15, 0.2) is 0 Å². The van der Waals surface area contributed by atoms with E-state index in [9.17, 15) is 0 Å². The van der Waals surface area contributed by atoms with E-state index in [1.807, 2.05) is 31.2 Å². The Morgan fingerprint density at radius 1 is 1.00 bits per heavy atom. The van der Waals surface area contributed by atoms with E-state index in [0.717, 1.165) is 35.5 Å². The summed E-state index contributed by atoms with van der Waals surface area (Å²) in [5.41, 5.74) is 11.5. The zero-order valence-electron chi connectivity index (χ0n) is 11.0. The van der Waals surface area contributed by atoms with Crippen LogP contribution in [0.2, 0.25) is 0 Å². The molecule has 2 nitrogen and oxygen atoms in total. The van der Waals surface area contributed by atoms with Gasteiger partial charge in [-0.1, -0.05) is 43.7 Å². The quantitative estimate of drug-likeness (QED) is 0.783. The van der Waals surface area contributed by atoms with Crippen LogP contribution in [0, 0.1) is 6.92 Å². The summed E-state index contributed by atoms with van der Waals surface area (Å²) < 4.78 is 0. The number of hydrogen-bond donors (Lipinski definition) is 2. The van der Waals surface area contributed by atoms with Crippen LogP contribution in [0.5, 0.6) is 0 Å². The van der Waals surface area contributed by atoms with Crippen molar-refractivity contribution in [2.24, 2.45) is 0 Å². The van der Waals surface area contributed by atoms with Gasteiger partial charge in [-0.05, 0) is 36.6 Å². The maximum atomic E-state index is 6.09. The van der Waals surface area contributed by atoms with Crippen LogP contribution in [0.3, 0.4) is 0 Å². The second-order valence-electron chi connectivity index (χ2n) is 4.57. The molecular weight excluding hydrogens is 220 g/mol. The molecule has 2 rings (SSSR count). The first-order chi connectivity index (χ1) is 8.72. The van der Waals surface area contributed by atoms with Gasteiger partial charge in [0.05, 0.1) is 11.4 Å². The predicted octanol–water partition coefficient (Wildman–Crippen LogP) is 4.27. The summed E-state index contributed by atoms with van der Waals surface area (Å²) in [5, 5.41) is 3.44. The van der Waals surface area contributed by atoms with Gasteiger partial charge in [0.25, 0.3) is 0 Å². The fourth-order valence-corrected chi connectivity index (χ4v) is 2.06. The maximum absolute atomic E-state index is 6.09. The zero-order chi connectivity index (χ0) is 13.0. The highest BCUT2D eigenvalue weighted by atomic mass is 14.9. The molecule has 0 aliphatic heterocycles. The summed E-state index contributed by atoms with van der Waals surface area (Å²) >= 11 is 0. The second kappa shape index (κ2) is 5.58. The van der Waals surface area contributed by atoms with Gasteiger partial charge in [-0.15, -0.1) is 0 Å². The number of nitrogens with one attached hydrogen (secondary N) is 1. The third-order valence-corrected chi connectivity index (χ3v) is 3.13. The summed E-state index contributed by atoms with van der Waals surface area (Å²) in [5.74, 6) is 0. The number of aryl methyl sites for hydroxylation is 2. The average Bonchev–Trinajstić information content (AvgIpc) is 2.37. The molecule has 0 atom stereocenters. The van der Waals surface area contributed by atoms with Gasteiger partial charge in [0.1, 0.15) is 0 Å². The molecule has 18 heavy (non-hydrogen) atoms. The monoisotopic (exact) mass is 240 g/mol. The number of benzene rings is 2. The van der Waals surface area contributed by atoms with E-state index in [4.69, 9.17) is 5.73 Å². The van der Waals surface area contributed by atoms with Crippen molar-refractivity contribution in [1.29, 1.82) is 0 Å². The molecule has 94 valence electrons. The minimum Gasteiger partial charge on any atom is -0.397 e. The van der Waals surface area contributed by atoms with Gasteiger partial charge in [-0.25, -0.2) is 0 Å². The number of nitrogen functional groups attached to an aromatic ring is 1. The lowest BCUT2D eigenvalue weighted by Gasteiger charge is -2.14. The third kappa shape index (κ3) is 2.65. The Balaban J connectivity index is 2.31. The van der Waals surface area contributed by atoms with Crippen LogP contribution in [0.1, 0.15) is 24.5 Å². The molecule has 0 aliphatic carbocycles. The van der Waals surface area contributed by atoms with Crippen molar-refractivity contribution in [3.05, 3.63) is 53.6 Å². The Bertz CT molecular complexity index is 532. The fraction of sp³-hybridized carbons (Fsp3) is 0.250. The van der Waals surface area contributed by atoms with Gasteiger partial charge in [-0.2, -0.15) is 0 Å². The first kappa shape index (κ1) is 12.5. The lowest BCUT2D eigenvalue weighted by atomic mass is 10.1. The molecule has 0 saturated heterocycles. The van der Waals surface area contributed by atoms with E-state index in [1.165, 1.54) is 5.56 Å². The molecule has 0 heterocycles. The van der Waals surface area contributed by atoms with Crippen LogP contribution in [0.15, 0.2) is 42.5 Å². The maximum Gasteiger partial charge on any atom is 0.0620 e. The molecule has 2 aromatic carbocycles. The Morgan fingerprint density at radius 3 is 2.50 bits per heavy atom. The van der Waals surface area contributed by atoms with E-state index in [0.29, 0.717) is 0 Å². The molecule has 0 radical (unpaired) electrons. The normalized spacial score (nSPS) is 10.3. The first-order valence-corrected chi connectivity index (χ1v) is 6.42. The van der Waals surface area contributed by atoms with E-state index in [2.05, 4.69) is 30.4 Å². The smallest absolute Gasteiger partial charge is 0.0620 e. The van der Waals surface area contributed by atoms with Crippen molar-refractivity contribution in [3.63, 3.8) is 0 Å². The van der Waals surface area contributed by atoms with Crippen LogP contribution < -0.4 is 11.1 Å². The van der Waals surface area contributed by atoms with E-state index in [-0.39, 0.29) is 0 Å². The van der Waals surface area contributed by atoms with Crippen LogP contribution in [-0.4, -0.2) is 0 Å². The summed E-state index contributed by atoms with van der Waals surface area (Å²) in [7, 11) is 0. The lowest BCUT2D eigenvalue weighted by Crippen LogP contribution is -2.00. The molecule has 3 N–H and O–H groups in total. The Hall–Kier alpha value is -1.96. The summed E-state index contributed by atoms with van der Waals surface area (Å²) in [6.07, 6.45) is 2.22. The molecule has 0 fully saturated rings. The van der Waals surface area contributed by atoms with Gasteiger partial charge >= 0.3 is 0 Å². The Morgan fingerprint density at radius 2 is 1.72 bits per heavy atom. The summed E-state index contributed by atoms with van der Waals surface area (Å²) in [6.45, 7) is 4.22. The topological polar surface area (TPSA) is 38.0 Å². The number of para-hydroxylation sites is 2. The Kier molecular flexibility index (Phi) is 3.88. The highest BCUT2D eigenvalue weighted by molar-refractivity contribution is 5.76. The largest absolute Gasteiger partial charge is 0.397 e. The van der Waals surface area contributed by atoms with E-state index < -0.39 is 0 Å². The van der Waals surface area contributed by atoms with Crippen molar-refractivity contribution in [3.8, 4) is 0 Å². The van der Waals surface area contributed by atoms with Gasteiger partial charge < -0.3 is 11.1 Å². The number of anilines is 3. The van der Waals surface area contributed by atoms with Crippen LogP contribution in [-0.2, 0) is 6.42 Å². The average molecular weight is 240 g/mol. The van der Waals surface area contributed by atoms with Crippen molar-refractivity contribution < 1.29 is 0 Å². The fourth-order valence-electron chi connectivity index (χ4n) is 2.06. The molecule has 0 aliphatic rings. The van der Waals surface area contributed by atoms with Crippen molar-refractivity contribution in [2.45, 2.75) is 26.7 Å². The van der Waals surface area contributed by atoms with Gasteiger partial charge in [0, 0.05) is 5.69 Å². The zero-order valence-corrected chi connectivity index (χ0v) is 11.0. The second-order valence-corrected chi connectivity index (χ2v) is 4.57. The number of nitrogens with two attached hydrogens (primary N) is 1. The van der Waals surface area contributed by atoms with Crippen molar-refractivity contribution >= 4 is 17.1 Å². The molecule has 0 aromatic heterocycles. The van der Waals surface area contributed by atoms with Gasteiger partial charge in [-0.3, -0.25) is 0 Å². The van der Waals surface area contributed by atoms with Crippen LogP contribution in [0.25, 0.3) is 0 Å². The minimum atomic E-state index is 0.823. The Labute approximate surface area is 109 Å². The van der Waals surface area contributed by atoms with Crippen LogP contribution in [0.4, 0.5) is 17.1 Å². The SMILES string of the molecule is CCCc1ccccc1Nc1cccc(C)c1N. The van der Waals surface area contributed by atoms with Crippen LogP contribution >= 0.6 is 0 Å². The highest BCUT2D eigenvalue weighted by Gasteiger charge is 2.04. The molecule has 2 aromatic rings. The molecule has 0 bridgehead atoms. The molecule has 0 amide bonds. The first-order valence-electron chi connectivity index (χ1n) is 6.42. The highest BCUT2D eigenvalue weighted by Crippen LogP contribution is 2.27. The lowest BCUT2D eigenvalue weighted by molar-refractivity contribution is 0.923. The van der Waals surface area contributed by atoms with E-state index in [1.54, 1.807) is 0 Å². The molecular formula is C16H20N2. The number of rotatable bonds is 4. The predicted molar refractivity (Wildman–Crippen MR) is 79.3 cm³/mol.